The van der Waals surface area contributed by atoms with Crippen LogP contribution in [-0.4, -0.2) is 0 Å². The van der Waals surface area contributed by atoms with Crippen molar-refractivity contribution in [1.29, 1.82) is 0 Å². The summed E-state index contributed by atoms with van der Waals surface area (Å²) in [4.78, 5) is 0. The van der Waals surface area contributed by atoms with Gasteiger partial charge in [0.1, 0.15) is 0 Å². The van der Waals surface area contributed by atoms with Crippen molar-refractivity contribution in [3.05, 3.63) is 63.1 Å². The maximum Gasteiger partial charge on any atom is 0.00470 e. The minimum Gasteiger partial charge on any atom is -0.0584 e. The summed E-state index contributed by atoms with van der Waals surface area (Å²) in [7, 11) is 0. The lowest BCUT2D eigenvalue weighted by Gasteiger charge is -2.20. The molecule has 0 bridgehead atoms. The van der Waals surface area contributed by atoms with E-state index in [9.17, 15) is 0 Å². The number of fused-ring (bicyclic) bond motifs is 1. The molecular formula is C20H21Br. The molecule has 0 aliphatic heterocycles. The Morgan fingerprint density at radius 1 is 0.952 bits per heavy atom. The molecule has 0 saturated heterocycles. The summed E-state index contributed by atoms with van der Waals surface area (Å²) in [5.41, 5.74) is 8.42. The standard InChI is InChI=1S/C20H21Br/c1-13-5-6-15-11-17(21)12-18(15)19(13)14-7-9-16(10-8-14)20(2,3)4/h5-10,12H,11H2,1-4H3. The topological polar surface area (TPSA) is 0 Å². The van der Waals surface area contributed by atoms with E-state index in [0.717, 1.165) is 6.42 Å². The fourth-order valence-corrected chi connectivity index (χ4v) is 3.53. The molecule has 0 atom stereocenters. The van der Waals surface area contributed by atoms with E-state index in [1.807, 2.05) is 0 Å². The molecule has 21 heavy (non-hydrogen) atoms. The average molecular weight is 341 g/mol. The number of rotatable bonds is 1. The molecule has 0 radical (unpaired) electrons. The van der Waals surface area contributed by atoms with Gasteiger partial charge in [-0.25, -0.2) is 0 Å². The lowest BCUT2D eigenvalue weighted by atomic mass is 9.85. The van der Waals surface area contributed by atoms with E-state index in [0.29, 0.717) is 0 Å². The SMILES string of the molecule is Cc1ccc2c(c1-c1ccc(C(C)(C)C)cc1)C=C(Br)C2. The van der Waals surface area contributed by atoms with Crippen molar-refractivity contribution in [2.75, 3.05) is 0 Å². The van der Waals surface area contributed by atoms with Crippen LogP contribution in [0, 0.1) is 6.92 Å². The summed E-state index contributed by atoms with van der Waals surface area (Å²) in [6.07, 6.45) is 3.29. The fourth-order valence-electron chi connectivity index (χ4n) is 3.00. The van der Waals surface area contributed by atoms with Gasteiger partial charge in [0.15, 0.2) is 0 Å². The van der Waals surface area contributed by atoms with Crippen molar-refractivity contribution in [3.63, 3.8) is 0 Å². The highest BCUT2D eigenvalue weighted by atomic mass is 79.9. The number of aryl methyl sites for hydroxylation is 1. The smallest absolute Gasteiger partial charge is 0.00470 e. The van der Waals surface area contributed by atoms with Gasteiger partial charge in [-0.2, -0.15) is 0 Å². The quantitative estimate of drug-likeness (QED) is 0.575. The van der Waals surface area contributed by atoms with Crippen molar-refractivity contribution >= 4 is 22.0 Å². The highest BCUT2D eigenvalue weighted by Crippen LogP contribution is 2.38. The van der Waals surface area contributed by atoms with Crippen molar-refractivity contribution in [2.24, 2.45) is 0 Å². The molecule has 1 aliphatic carbocycles. The van der Waals surface area contributed by atoms with Gasteiger partial charge in [0, 0.05) is 10.9 Å². The van der Waals surface area contributed by atoms with E-state index in [4.69, 9.17) is 0 Å². The Morgan fingerprint density at radius 2 is 1.62 bits per heavy atom. The Kier molecular flexibility index (Phi) is 3.57. The van der Waals surface area contributed by atoms with Crippen LogP contribution in [0.1, 0.15) is 43.0 Å². The minimum atomic E-state index is 0.204. The minimum absolute atomic E-state index is 0.204. The molecule has 2 aromatic rings. The molecule has 0 heterocycles. The predicted molar refractivity (Wildman–Crippen MR) is 95.9 cm³/mol. The third kappa shape index (κ3) is 2.72. The van der Waals surface area contributed by atoms with Gasteiger partial charge in [-0.3, -0.25) is 0 Å². The van der Waals surface area contributed by atoms with Crippen LogP contribution in [0.15, 0.2) is 40.9 Å². The Balaban J connectivity index is 2.12. The number of benzene rings is 2. The summed E-state index contributed by atoms with van der Waals surface area (Å²) in [5.74, 6) is 0. The Hall–Kier alpha value is -1.34. The van der Waals surface area contributed by atoms with Gasteiger partial charge in [-0.05, 0) is 51.8 Å². The van der Waals surface area contributed by atoms with Crippen LogP contribution in [0.2, 0.25) is 0 Å². The normalized spacial score (nSPS) is 14.0. The first-order chi connectivity index (χ1) is 9.86. The molecule has 1 heteroatoms. The van der Waals surface area contributed by atoms with E-state index < -0.39 is 0 Å². The van der Waals surface area contributed by atoms with E-state index in [1.165, 1.54) is 37.9 Å². The third-order valence-corrected chi connectivity index (χ3v) is 4.75. The maximum absolute atomic E-state index is 3.65. The first-order valence-corrected chi connectivity index (χ1v) is 8.25. The number of hydrogen-bond acceptors (Lipinski definition) is 0. The van der Waals surface area contributed by atoms with Crippen LogP contribution < -0.4 is 0 Å². The summed E-state index contributed by atoms with van der Waals surface area (Å²) in [6, 6.07) is 13.6. The van der Waals surface area contributed by atoms with E-state index in [1.54, 1.807) is 0 Å². The van der Waals surface area contributed by atoms with Crippen molar-refractivity contribution in [3.8, 4) is 11.1 Å². The Bertz CT molecular complexity index is 713. The lowest BCUT2D eigenvalue weighted by Crippen LogP contribution is -2.10. The van der Waals surface area contributed by atoms with E-state index >= 15 is 0 Å². The van der Waals surface area contributed by atoms with Gasteiger partial charge in [-0.15, -0.1) is 0 Å². The molecule has 2 aromatic carbocycles. The maximum atomic E-state index is 3.65. The van der Waals surface area contributed by atoms with Gasteiger partial charge in [0.25, 0.3) is 0 Å². The van der Waals surface area contributed by atoms with Crippen molar-refractivity contribution in [1.82, 2.24) is 0 Å². The number of halogens is 1. The largest absolute Gasteiger partial charge is 0.0584 e. The molecule has 0 amide bonds. The first-order valence-electron chi connectivity index (χ1n) is 7.46. The number of allylic oxidation sites excluding steroid dienone is 1. The third-order valence-electron chi connectivity index (χ3n) is 4.24. The van der Waals surface area contributed by atoms with Crippen LogP contribution in [0.3, 0.4) is 0 Å². The highest BCUT2D eigenvalue weighted by molar-refractivity contribution is 9.11. The molecule has 0 aromatic heterocycles. The summed E-state index contributed by atoms with van der Waals surface area (Å²) >= 11 is 3.65. The molecule has 0 fully saturated rings. The summed E-state index contributed by atoms with van der Waals surface area (Å²) < 4.78 is 1.27. The molecule has 0 nitrogen and oxygen atoms in total. The van der Waals surface area contributed by atoms with Crippen LogP contribution >= 0.6 is 15.9 Å². The van der Waals surface area contributed by atoms with Crippen molar-refractivity contribution in [2.45, 2.75) is 39.5 Å². The molecule has 0 saturated carbocycles. The Labute approximate surface area is 136 Å². The molecule has 108 valence electrons. The van der Waals surface area contributed by atoms with Crippen LogP contribution in [0.5, 0.6) is 0 Å². The van der Waals surface area contributed by atoms with E-state index in [-0.39, 0.29) is 5.41 Å². The molecular weight excluding hydrogens is 320 g/mol. The van der Waals surface area contributed by atoms with Crippen LogP contribution in [-0.2, 0) is 11.8 Å². The second kappa shape index (κ2) is 5.14. The molecule has 0 unspecified atom stereocenters. The van der Waals surface area contributed by atoms with Gasteiger partial charge in [0.2, 0.25) is 0 Å². The Morgan fingerprint density at radius 3 is 2.24 bits per heavy atom. The van der Waals surface area contributed by atoms with Gasteiger partial charge < -0.3 is 0 Å². The van der Waals surface area contributed by atoms with Gasteiger partial charge >= 0.3 is 0 Å². The molecule has 3 rings (SSSR count). The monoisotopic (exact) mass is 340 g/mol. The number of hydrogen-bond donors (Lipinski definition) is 0. The van der Waals surface area contributed by atoms with Gasteiger partial charge in [0.05, 0.1) is 0 Å². The molecule has 0 N–H and O–H groups in total. The van der Waals surface area contributed by atoms with Crippen molar-refractivity contribution < 1.29 is 0 Å². The second-order valence-electron chi connectivity index (χ2n) is 6.93. The predicted octanol–water partition coefficient (Wildman–Crippen LogP) is 6.25. The fraction of sp³-hybridized carbons (Fsp3) is 0.300. The lowest BCUT2D eigenvalue weighted by molar-refractivity contribution is 0.590. The zero-order valence-electron chi connectivity index (χ0n) is 13.1. The highest BCUT2D eigenvalue weighted by Gasteiger charge is 2.18. The average Bonchev–Trinajstić information content (AvgIpc) is 2.78. The zero-order valence-corrected chi connectivity index (χ0v) is 14.7. The zero-order chi connectivity index (χ0) is 15.2. The molecule has 0 spiro atoms. The first kappa shape index (κ1) is 14.6. The summed E-state index contributed by atoms with van der Waals surface area (Å²) in [6.45, 7) is 8.97. The van der Waals surface area contributed by atoms with Crippen LogP contribution in [0.4, 0.5) is 0 Å². The second-order valence-corrected chi connectivity index (χ2v) is 7.94. The van der Waals surface area contributed by atoms with Gasteiger partial charge in [-0.1, -0.05) is 73.1 Å². The van der Waals surface area contributed by atoms with E-state index in [2.05, 4.69) is 86.1 Å². The van der Waals surface area contributed by atoms with Crippen LogP contribution in [0.25, 0.3) is 17.2 Å². The molecule has 1 aliphatic rings. The summed E-state index contributed by atoms with van der Waals surface area (Å²) in [5, 5.41) is 0.